The fourth-order valence-electron chi connectivity index (χ4n) is 2.66. The maximum atomic E-state index is 10.6. The molecule has 1 aromatic rings. The maximum Gasteiger partial charge on any atom is 0.303 e. The quantitative estimate of drug-likeness (QED) is 0.854. The lowest BCUT2D eigenvalue weighted by Gasteiger charge is -2.31. The molecule has 1 aliphatic rings. The molecular formula is C15H22N2O2. The Morgan fingerprint density at radius 3 is 2.63 bits per heavy atom. The van der Waals surface area contributed by atoms with Crippen molar-refractivity contribution >= 4 is 5.97 Å². The Balaban J connectivity index is 1.65. The highest BCUT2D eigenvalue weighted by atomic mass is 16.4. The molecule has 1 N–H and O–H groups in total. The number of carboxylic acids is 1. The van der Waals surface area contributed by atoms with Crippen molar-refractivity contribution < 1.29 is 9.90 Å². The summed E-state index contributed by atoms with van der Waals surface area (Å²) >= 11 is 0. The average Bonchev–Trinajstić information content (AvgIpc) is 2.45. The third-order valence-corrected chi connectivity index (χ3v) is 3.94. The van der Waals surface area contributed by atoms with Crippen LogP contribution >= 0.6 is 0 Å². The molecule has 0 aromatic carbocycles. The Bertz CT molecular complexity index is 386. The first-order chi connectivity index (χ1) is 9.24. The van der Waals surface area contributed by atoms with E-state index in [1.165, 1.54) is 5.56 Å². The van der Waals surface area contributed by atoms with Crippen molar-refractivity contribution in [2.75, 3.05) is 19.6 Å². The number of hydrogen-bond acceptors (Lipinski definition) is 3. The fraction of sp³-hybridized carbons (Fsp3) is 0.600. The zero-order valence-corrected chi connectivity index (χ0v) is 11.3. The van der Waals surface area contributed by atoms with Crippen LogP contribution in [0, 0.1) is 5.92 Å². The summed E-state index contributed by atoms with van der Waals surface area (Å²) in [6, 6.07) is 4.14. The molecule has 1 fully saturated rings. The summed E-state index contributed by atoms with van der Waals surface area (Å²) in [4.78, 5) is 17.1. The van der Waals surface area contributed by atoms with Gasteiger partial charge in [0, 0.05) is 25.4 Å². The standard InChI is InChI=1S/C15H22N2O2/c18-15(19)2-1-13-5-10-17(11-6-13)12-7-14-3-8-16-9-4-14/h3-4,8-9,13H,1-2,5-7,10-12H2,(H,18,19). The summed E-state index contributed by atoms with van der Waals surface area (Å²) in [5.41, 5.74) is 1.34. The van der Waals surface area contributed by atoms with Crippen LogP contribution in [0.5, 0.6) is 0 Å². The van der Waals surface area contributed by atoms with Crippen LogP contribution < -0.4 is 0 Å². The van der Waals surface area contributed by atoms with Crippen LogP contribution in [0.3, 0.4) is 0 Å². The number of pyridine rings is 1. The molecule has 0 spiro atoms. The number of rotatable bonds is 6. The molecular weight excluding hydrogens is 240 g/mol. The second kappa shape index (κ2) is 7.24. The lowest BCUT2D eigenvalue weighted by molar-refractivity contribution is -0.137. The minimum absolute atomic E-state index is 0.321. The van der Waals surface area contributed by atoms with Crippen molar-refractivity contribution in [3.63, 3.8) is 0 Å². The number of carboxylic acid groups (broad SMARTS) is 1. The molecule has 1 aromatic heterocycles. The lowest BCUT2D eigenvalue weighted by Crippen LogP contribution is -2.35. The van der Waals surface area contributed by atoms with Gasteiger partial charge >= 0.3 is 5.97 Å². The molecule has 0 unspecified atom stereocenters. The van der Waals surface area contributed by atoms with E-state index < -0.39 is 5.97 Å². The van der Waals surface area contributed by atoms with Crippen molar-refractivity contribution in [1.82, 2.24) is 9.88 Å². The van der Waals surface area contributed by atoms with Crippen molar-refractivity contribution in [2.24, 2.45) is 5.92 Å². The second-order valence-electron chi connectivity index (χ2n) is 5.32. The third kappa shape index (κ3) is 4.99. The van der Waals surface area contributed by atoms with E-state index in [2.05, 4.69) is 22.0 Å². The minimum Gasteiger partial charge on any atom is -0.481 e. The van der Waals surface area contributed by atoms with Gasteiger partial charge in [0.2, 0.25) is 0 Å². The molecule has 0 aliphatic carbocycles. The van der Waals surface area contributed by atoms with Crippen LogP contribution in [0.2, 0.25) is 0 Å². The van der Waals surface area contributed by atoms with E-state index in [1.54, 1.807) is 0 Å². The molecule has 0 saturated carbocycles. The van der Waals surface area contributed by atoms with Gasteiger partial charge in [-0.3, -0.25) is 9.78 Å². The first kappa shape index (κ1) is 14.0. The lowest BCUT2D eigenvalue weighted by atomic mass is 9.92. The summed E-state index contributed by atoms with van der Waals surface area (Å²) in [7, 11) is 0. The van der Waals surface area contributed by atoms with E-state index in [0.29, 0.717) is 12.3 Å². The summed E-state index contributed by atoms with van der Waals surface area (Å²) in [5.74, 6) is -0.0617. The Morgan fingerprint density at radius 2 is 2.00 bits per heavy atom. The van der Waals surface area contributed by atoms with Gasteiger partial charge in [-0.15, -0.1) is 0 Å². The Labute approximate surface area is 114 Å². The van der Waals surface area contributed by atoms with Crippen LogP contribution in [0.4, 0.5) is 0 Å². The molecule has 0 bridgehead atoms. The topological polar surface area (TPSA) is 53.4 Å². The highest BCUT2D eigenvalue weighted by Gasteiger charge is 2.19. The molecule has 2 heterocycles. The van der Waals surface area contributed by atoms with Crippen LogP contribution in [-0.2, 0) is 11.2 Å². The second-order valence-corrected chi connectivity index (χ2v) is 5.32. The number of piperidine rings is 1. The minimum atomic E-state index is -0.667. The predicted octanol–water partition coefficient (Wildman–Crippen LogP) is 2.20. The summed E-state index contributed by atoms with van der Waals surface area (Å²) in [5, 5.41) is 8.69. The highest BCUT2D eigenvalue weighted by Crippen LogP contribution is 2.21. The van der Waals surface area contributed by atoms with E-state index in [0.717, 1.165) is 45.3 Å². The zero-order valence-electron chi connectivity index (χ0n) is 11.3. The van der Waals surface area contributed by atoms with Crippen LogP contribution in [0.25, 0.3) is 0 Å². The molecule has 1 saturated heterocycles. The van der Waals surface area contributed by atoms with Gasteiger partial charge in [0.05, 0.1) is 0 Å². The number of hydrogen-bond donors (Lipinski definition) is 1. The van der Waals surface area contributed by atoms with Gasteiger partial charge in [-0.2, -0.15) is 0 Å². The fourth-order valence-corrected chi connectivity index (χ4v) is 2.66. The predicted molar refractivity (Wildman–Crippen MR) is 74.0 cm³/mol. The van der Waals surface area contributed by atoms with Crippen molar-refractivity contribution in [3.8, 4) is 0 Å². The molecule has 4 nitrogen and oxygen atoms in total. The molecule has 19 heavy (non-hydrogen) atoms. The largest absolute Gasteiger partial charge is 0.481 e. The smallest absolute Gasteiger partial charge is 0.303 e. The highest BCUT2D eigenvalue weighted by molar-refractivity contribution is 5.66. The summed E-state index contributed by atoms with van der Waals surface area (Å²) in [6.45, 7) is 3.31. The van der Waals surface area contributed by atoms with E-state index in [4.69, 9.17) is 5.11 Å². The normalized spacial score (nSPS) is 17.5. The van der Waals surface area contributed by atoms with Gasteiger partial charge in [-0.05, 0) is 62.4 Å². The van der Waals surface area contributed by atoms with E-state index in [-0.39, 0.29) is 0 Å². The summed E-state index contributed by atoms with van der Waals surface area (Å²) in [6.07, 6.45) is 8.20. The third-order valence-electron chi connectivity index (χ3n) is 3.94. The van der Waals surface area contributed by atoms with Crippen molar-refractivity contribution in [3.05, 3.63) is 30.1 Å². The van der Waals surface area contributed by atoms with Gasteiger partial charge in [0.15, 0.2) is 0 Å². The molecule has 104 valence electrons. The molecule has 0 amide bonds. The molecule has 1 aliphatic heterocycles. The van der Waals surface area contributed by atoms with Gasteiger partial charge in [0.25, 0.3) is 0 Å². The van der Waals surface area contributed by atoms with Crippen LogP contribution in [0.1, 0.15) is 31.2 Å². The number of carbonyl (C=O) groups is 1. The zero-order chi connectivity index (χ0) is 13.5. The number of nitrogens with zero attached hydrogens (tertiary/aromatic N) is 2. The van der Waals surface area contributed by atoms with Gasteiger partial charge < -0.3 is 10.0 Å². The summed E-state index contributed by atoms with van der Waals surface area (Å²) < 4.78 is 0. The first-order valence-electron chi connectivity index (χ1n) is 7.07. The molecule has 2 rings (SSSR count). The molecule has 0 radical (unpaired) electrons. The Morgan fingerprint density at radius 1 is 1.32 bits per heavy atom. The monoisotopic (exact) mass is 262 g/mol. The van der Waals surface area contributed by atoms with Crippen molar-refractivity contribution in [1.29, 1.82) is 0 Å². The number of aromatic nitrogens is 1. The van der Waals surface area contributed by atoms with Crippen molar-refractivity contribution in [2.45, 2.75) is 32.1 Å². The van der Waals surface area contributed by atoms with Crippen LogP contribution in [-0.4, -0.2) is 40.6 Å². The van der Waals surface area contributed by atoms with E-state index in [1.807, 2.05) is 12.4 Å². The van der Waals surface area contributed by atoms with Gasteiger partial charge in [-0.1, -0.05) is 0 Å². The Hall–Kier alpha value is -1.42. The SMILES string of the molecule is O=C(O)CCC1CCN(CCc2ccncc2)CC1. The van der Waals surface area contributed by atoms with E-state index >= 15 is 0 Å². The number of likely N-dealkylation sites (tertiary alicyclic amines) is 1. The van der Waals surface area contributed by atoms with Crippen LogP contribution in [0.15, 0.2) is 24.5 Å². The number of aliphatic carboxylic acids is 1. The molecule has 0 atom stereocenters. The van der Waals surface area contributed by atoms with Gasteiger partial charge in [-0.25, -0.2) is 0 Å². The molecule has 4 heteroatoms. The Kier molecular flexibility index (Phi) is 5.33. The van der Waals surface area contributed by atoms with E-state index in [9.17, 15) is 4.79 Å². The average molecular weight is 262 g/mol. The van der Waals surface area contributed by atoms with Gasteiger partial charge in [0.1, 0.15) is 0 Å². The first-order valence-corrected chi connectivity index (χ1v) is 7.07. The maximum absolute atomic E-state index is 10.6.